The van der Waals surface area contributed by atoms with Gasteiger partial charge in [0.05, 0.1) is 12.0 Å². The van der Waals surface area contributed by atoms with E-state index in [0.29, 0.717) is 13.0 Å². The van der Waals surface area contributed by atoms with E-state index in [9.17, 15) is 13.2 Å². The molecule has 1 amide bonds. The first-order chi connectivity index (χ1) is 15.8. The molecule has 33 heavy (non-hydrogen) atoms. The maximum atomic E-state index is 13.2. The fourth-order valence-corrected chi connectivity index (χ4v) is 6.13. The number of nitrogens with one attached hydrogen (secondary N) is 1. The van der Waals surface area contributed by atoms with Crippen molar-refractivity contribution in [3.8, 4) is 5.75 Å². The Kier molecular flexibility index (Phi) is 7.07. The van der Waals surface area contributed by atoms with Crippen molar-refractivity contribution in [1.82, 2.24) is 9.62 Å². The van der Waals surface area contributed by atoms with Crippen molar-refractivity contribution < 1.29 is 17.9 Å². The summed E-state index contributed by atoms with van der Waals surface area (Å²) >= 11 is 0. The Labute approximate surface area is 196 Å². The molecule has 0 bridgehead atoms. The van der Waals surface area contributed by atoms with Crippen LogP contribution in [0.25, 0.3) is 0 Å². The van der Waals surface area contributed by atoms with E-state index in [-0.39, 0.29) is 22.9 Å². The number of hydrogen-bond donors (Lipinski definition) is 1. The molecule has 0 aromatic heterocycles. The third-order valence-corrected chi connectivity index (χ3v) is 8.14. The van der Waals surface area contributed by atoms with Gasteiger partial charge in [-0.05, 0) is 80.7 Å². The third-order valence-electron chi connectivity index (χ3n) is 6.71. The van der Waals surface area contributed by atoms with Gasteiger partial charge in [-0.25, -0.2) is 13.1 Å². The highest BCUT2D eigenvalue weighted by molar-refractivity contribution is 7.89. The van der Waals surface area contributed by atoms with Crippen LogP contribution in [0.4, 0.5) is 5.69 Å². The highest BCUT2D eigenvalue weighted by atomic mass is 32.2. The van der Waals surface area contributed by atoms with Gasteiger partial charge in [-0.15, -0.1) is 0 Å². The molecule has 2 atom stereocenters. The normalized spacial score (nSPS) is 19.8. The smallest absolute Gasteiger partial charge is 0.240 e. The number of anilines is 1. The summed E-state index contributed by atoms with van der Waals surface area (Å²) in [6, 6.07) is 12.9. The molecule has 1 saturated heterocycles. The van der Waals surface area contributed by atoms with Gasteiger partial charge in [0, 0.05) is 31.2 Å². The Morgan fingerprint density at radius 2 is 1.82 bits per heavy atom. The van der Waals surface area contributed by atoms with Crippen LogP contribution >= 0.6 is 0 Å². The summed E-state index contributed by atoms with van der Waals surface area (Å²) < 4.78 is 34.6. The molecule has 2 aliphatic heterocycles. The Balaban J connectivity index is 1.54. The van der Waals surface area contributed by atoms with Gasteiger partial charge in [0.2, 0.25) is 15.9 Å². The van der Waals surface area contributed by atoms with Gasteiger partial charge < -0.3 is 9.64 Å². The fraction of sp³-hybridized carbons (Fsp3) is 0.480. The topological polar surface area (TPSA) is 79.0 Å². The number of likely N-dealkylation sites (tertiary alicyclic amines) is 1. The van der Waals surface area contributed by atoms with Gasteiger partial charge in [0.1, 0.15) is 5.75 Å². The van der Waals surface area contributed by atoms with Gasteiger partial charge in [-0.3, -0.25) is 9.69 Å². The lowest BCUT2D eigenvalue weighted by molar-refractivity contribution is -0.116. The van der Waals surface area contributed by atoms with Crippen LogP contribution in [-0.4, -0.2) is 52.0 Å². The molecule has 2 aliphatic rings. The Bertz CT molecular complexity index is 1100. The molecule has 1 N–H and O–H groups in total. The lowest BCUT2D eigenvalue weighted by atomic mass is 10.0. The van der Waals surface area contributed by atoms with Crippen LogP contribution < -0.4 is 14.4 Å². The zero-order valence-electron chi connectivity index (χ0n) is 19.6. The second-order valence-corrected chi connectivity index (χ2v) is 10.7. The first-order valence-corrected chi connectivity index (χ1v) is 13.1. The molecular formula is C25H33N3O4S. The van der Waals surface area contributed by atoms with Gasteiger partial charge in [-0.1, -0.05) is 18.6 Å². The first kappa shape index (κ1) is 23.7. The highest BCUT2D eigenvalue weighted by Crippen LogP contribution is 2.34. The molecule has 0 spiro atoms. The summed E-state index contributed by atoms with van der Waals surface area (Å²) in [4.78, 5) is 16.3. The fourth-order valence-electron chi connectivity index (χ4n) is 5.04. The molecule has 2 heterocycles. The summed E-state index contributed by atoms with van der Waals surface area (Å²) in [6.07, 6.45) is 4.10. The van der Waals surface area contributed by atoms with Crippen LogP contribution in [0.2, 0.25) is 0 Å². The van der Waals surface area contributed by atoms with E-state index < -0.39 is 10.0 Å². The van der Waals surface area contributed by atoms with Crippen LogP contribution in [0.5, 0.6) is 5.75 Å². The molecule has 0 saturated carbocycles. The van der Waals surface area contributed by atoms with Crippen LogP contribution in [0.1, 0.15) is 50.3 Å². The lowest BCUT2D eigenvalue weighted by Gasteiger charge is -2.35. The van der Waals surface area contributed by atoms with Gasteiger partial charge in [-0.2, -0.15) is 0 Å². The Morgan fingerprint density at radius 3 is 2.45 bits per heavy atom. The molecule has 2 aromatic carbocycles. The highest BCUT2D eigenvalue weighted by Gasteiger charge is 2.31. The number of methoxy groups -OCH3 is 1. The first-order valence-electron chi connectivity index (χ1n) is 11.6. The number of ether oxygens (including phenoxy) is 1. The molecule has 0 unspecified atom stereocenters. The van der Waals surface area contributed by atoms with E-state index in [1.165, 1.54) is 13.3 Å². The summed E-state index contributed by atoms with van der Waals surface area (Å²) in [5.41, 5.74) is 2.77. The maximum absolute atomic E-state index is 13.2. The summed E-state index contributed by atoms with van der Waals surface area (Å²) in [7, 11) is -2.06. The summed E-state index contributed by atoms with van der Waals surface area (Å²) in [5, 5.41) is 0. The third kappa shape index (κ3) is 5.08. The second kappa shape index (κ2) is 9.83. The average Bonchev–Trinajstić information content (AvgIpc) is 3.15. The number of sulfonamides is 1. The number of carbonyl (C=O) groups excluding carboxylic acids is 1. The van der Waals surface area contributed by atoms with Crippen molar-refractivity contribution in [2.24, 2.45) is 0 Å². The van der Waals surface area contributed by atoms with E-state index in [1.54, 1.807) is 30.2 Å². The van der Waals surface area contributed by atoms with Crippen molar-refractivity contribution >= 4 is 21.6 Å². The quantitative estimate of drug-likeness (QED) is 0.669. The summed E-state index contributed by atoms with van der Waals surface area (Å²) in [6.45, 7) is 5.72. The van der Waals surface area contributed by atoms with Crippen molar-refractivity contribution in [2.45, 2.75) is 56.5 Å². The predicted molar refractivity (Wildman–Crippen MR) is 129 cm³/mol. The van der Waals surface area contributed by atoms with Gasteiger partial charge in [0.25, 0.3) is 0 Å². The molecule has 2 aromatic rings. The van der Waals surface area contributed by atoms with E-state index >= 15 is 0 Å². The van der Waals surface area contributed by atoms with Crippen LogP contribution in [-0.2, 0) is 21.2 Å². The number of rotatable bonds is 7. The van der Waals surface area contributed by atoms with E-state index in [0.717, 1.165) is 48.5 Å². The zero-order chi connectivity index (χ0) is 23.6. The number of benzene rings is 2. The van der Waals surface area contributed by atoms with Crippen molar-refractivity contribution in [1.29, 1.82) is 0 Å². The number of carbonyl (C=O) groups is 1. The van der Waals surface area contributed by atoms with Crippen LogP contribution in [0.15, 0.2) is 47.4 Å². The minimum Gasteiger partial charge on any atom is -0.497 e. The van der Waals surface area contributed by atoms with Gasteiger partial charge in [0.15, 0.2) is 0 Å². The molecule has 7 nitrogen and oxygen atoms in total. The SMILES string of the molecule is COc1ccc([C@@H](CNS(=O)(=O)c2ccc3c(c2)C[C@@H](C)N3C(C)=O)N2CCCCC2)cc1. The number of piperidine rings is 1. The average molecular weight is 472 g/mol. The van der Waals surface area contributed by atoms with Crippen molar-refractivity contribution in [3.63, 3.8) is 0 Å². The number of nitrogens with zero attached hydrogens (tertiary/aromatic N) is 2. The lowest BCUT2D eigenvalue weighted by Crippen LogP contribution is -2.40. The Hall–Kier alpha value is -2.42. The number of hydrogen-bond acceptors (Lipinski definition) is 5. The molecule has 1 fully saturated rings. The maximum Gasteiger partial charge on any atom is 0.240 e. The minimum absolute atomic E-state index is 0.0288. The van der Waals surface area contributed by atoms with Crippen LogP contribution in [0.3, 0.4) is 0 Å². The van der Waals surface area contributed by atoms with E-state index in [2.05, 4.69) is 9.62 Å². The molecule has 0 radical (unpaired) electrons. The summed E-state index contributed by atoms with van der Waals surface area (Å²) in [5.74, 6) is 0.752. The Morgan fingerprint density at radius 1 is 1.12 bits per heavy atom. The second-order valence-electron chi connectivity index (χ2n) is 8.97. The van der Waals surface area contributed by atoms with E-state index in [1.807, 2.05) is 31.2 Å². The van der Waals surface area contributed by atoms with Gasteiger partial charge >= 0.3 is 0 Å². The monoisotopic (exact) mass is 471 g/mol. The van der Waals surface area contributed by atoms with E-state index in [4.69, 9.17) is 4.74 Å². The zero-order valence-corrected chi connectivity index (χ0v) is 20.4. The van der Waals surface area contributed by atoms with Crippen molar-refractivity contribution in [3.05, 3.63) is 53.6 Å². The number of fused-ring (bicyclic) bond motifs is 1. The number of amides is 1. The minimum atomic E-state index is -3.70. The molecular weight excluding hydrogens is 438 g/mol. The molecule has 4 rings (SSSR count). The largest absolute Gasteiger partial charge is 0.497 e. The standard InChI is InChI=1S/C25H33N3O4S/c1-18-15-21-16-23(11-12-24(21)28(18)19(2)29)33(30,31)26-17-25(27-13-5-4-6-14-27)20-7-9-22(32-3)10-8-20/h7-12,16,18,25-26H,4-6,13-15,17H2,1-3H3/t18-,25-/m1/s1. The predicted octanol–water partition coefficient (Wildman–Crippen LogP) is 3.50. The molecule has 0 aliphatic carbocycles. The molecule has 8 heteroatoms. The van der Waals surface area contributed by atoms with Crippen LogP contribution in [0, 0.1) is 0 Å². The molecule has 178 valence electrons. The van der Waals surface area contributed by atoms with Crippen molar-refractivity contribution in [2.75, 3.05) is 31.6 Å².